The molecule has 3 aromatic rings. The van der Waals surface area contributed by atoms with E-state index >= 15 is 0 Å². The van der Waals surface area contributed by atoms with Crippen LogP contribution in [0.25, 0.3) is 0 Å². The smallest absolute Gasteiger partial charge is 0.163 e. The minimum atomic E-state index is -0.0696. The van der Waals surface area contributed by atoms with E-state index in [9.17, 15) is 4.79 Å². The molecule has 3 aliphatic rings. The molecular weight excluding hydrogens is 484 g/mol. The minimum absolute atomic E-state index is 0.0674. The van der Waals surface area contributed by atoms with E-state index in [2.05, 4.69) is 97.9 Å². The maximum absolute atomic E-state index is 14.6. The first-order valence-corrected chi connectivity index (χ1v) is 15.7. The van der Waals surface area contributed by atoms with Gasteiger partial charge in [0.25, 0.3) is 0 Å². The summed E-state index contributed by atoms with van der Waals surface area (Å²) in [5.41, 5.74) is 9.36. The SMILES string of the molecule is C/C1=C/CC2=C(CC(Cc3ccc(C4CCCCC4)cc3)CC2)C(=O)C(C(c2ccccc2)c2ccccc2)C1. The maximum Gasteiger partial charge on any atom is 0.163 e. The average Bonchev–Trinajstić information content (AvgIpc) is 3.01. The van der Waals surface area contributed by atoms with Gasteiger partial charge in [0, 0.05) is 11.8 Å². The number of carbonyl (C=O) groups is 1. The number of allylic oxidation sites excluding steroid dienone is 4. The Hall–Kier alpha value is -3.19. The molecule has 0 radical (unpaired) electrons. The summed E-state index contributed by atoms with van der Waals surface area (Å²) in [5.74, 6) is 1.70. The van der Waals surface area contributed by atoms with Crippen molar-refractivity contribution in [2.75, 3.05) is 0 Å². The number of hydrogen-bond donors (Lipinski definition) is 0. The van der Waals surface area contributed by atoms with Gasteiger partial charge >= 0.3 is 0 Å². The molecule has 0 spiro atoms. The Morgan fingerprint density at radius 3 is 2.05 bits per heavy atom. The molecule has 3 aliphatic carbocycles. The van der Waals surface area contributed by atoms with Crippen LogP contribution in [-0.4, -0.2) is 5.78 Å². The fourth-order valence-electron chi connectivity index (χ4n) is 7.72. The van der Waals surface area contributed by atoms with E-state index in [1.807, 2.05) is 0 Å². The Morgan fingerprint density at radius 1 is 0.750 bits per heavy atom. The highest BCUT2D eigenvalue weighted by Gasteiger charge is 2.36. The third-order valence-electron chi connectivity index (χ3n) is 9.95. The second kappa shape index (κ2) is 12.5. The molecule has 6 rings (SSSR count). The summed E-state index contributed by atoms with van der Waals surface area (Å²) in [6, 6.07) is 31.0. The van der Waals surface area contributed by atoms with E-state index < -0.39 is 0 Å². The monoisotopic (exact) mass is 528 g/mol. The van der Waals surface area contributed by atoms with Crippen molar-refractivity contribution in [2.24, 2.45) is 11.8 Å². The molecule has 40 heavy (non-hydrogen) atoms. The van der Waals surface area contributed by atoms with Crippen LogP contribution in [0.1, 0.15) is 105 Å². The number of benzene rings is 3. The van der Waals surface area contributed by atoms with E-state index in [0.29, 0.717) is 11.7 Å². The van der Waals surface area contributed by atoms with Gasteiger partial charge in [-0.3, -0.25) is 4.79 Å². The van der Waals surface area contributed by atoms with Crippen LogP contribution >= 0.6 is 0 Å². The van der Waals surface area contributed by atoms with Crippen LogP contribution < -0.4 is 0 Å². The lowest BCUT2D eigenvalue weighted by Gasteiger charge is -2.34. The summed E-state index contributed by atoms with van der Waals surface area (Å²) in [6.07, 6.45) is 15.3. The molecule has 0 N–H and O–H groups in total. The highest BCUT2D eigenvalue weighted by molar-refractivity contribution is 5.99. The number of ketones is 1. The van der Waals surface area contributed by atoms with Crippen LogP contribution in [0.2, 0.25) is 0 Å². The number of rotatable bonds is 6. The van der Waals surface area contributed by atoms with Crippen molar-refractivity contribution in [1.29, 1.82) is 0 Å². The molecule has 1 nitrogen and oxygen atoms in total. The van der Waals surface area contributed by atoms with Gasteiger partial charge in [0.15, 0.2) is 5.78 Å². The van der Waals surface area contributed by atoms with Gasteiger partial charge in [0.05, 0.1) is 0 Å². The van der Waals surface area contributed by atoms with Crippen molar-refractivity contribution >= 4 is 5.78 Å². The minimum Gasteiger partial charge on any atom is -0.294 e. The van der Waals surface area contributed by atoms with Gasteiger partial charge in [-0.1, -0.05) is 121 Å². The van der Waals surface area contributed by atoms with E-state index in [1.165, 1.54) is 71.9 Å². The Bertz CT molecular complexity index is 1300. The molecule has 0 aromatic heterocycles. The van der Waals surface area contributed by atoms with Crippen molar-refractivity contribution in [3.05, 3.63) is 130 Å². The van der Waals surface area contributed by atoms with E-state index in [0.717, 1.165) is 43.6 Å². The van der Waals surface area contributed by atoms with E-state index in [-0.39, 0.29) is 11.8 Å². The summed E-state index contributed by atoms with van der Waals surface area (Å²) < 4.78 is 0. The Labute approximate surface area is 241 Å². The lowest BCUT2D eigenvalue weighted by Crippen LogP contribution is -2.29. The fourth-order valence-corrected chi connectivity index (χ4v) is 7.72. The Balaban J connectivity index is 1.25. The molecule has 1 heteroatoms. The molecule has 1 fully saturated rings. The number of carbonyl (C=O) groups excluding carboxylic acids is 1. The zero-order valence-corrected chi connectivity index (χ0v) is 24.2. The molecule has 0 saturated heterocycles. The second-order valence-electron chi connectivity index (χ2n) is 12.7. The molecule has 2 atom stereocenters. The van der Waals surface area contributed by atoms with E-state index in [4.69, 9.17) is 0 Å². The topological polar surface area (TPSA) is 17.1 Å². The van der Waals surface area contributed by atoms with Crippen molar-refractivity contribution < 1.29 is 4.79 Å². The maximum atomic E-state index is 14.6. The van der Waals surface area contributed by atoms with Crippen LogP contribution in [0.5, 0.6) is 0 Å². The molecule has 0 aliphatic heterocycles. The third-order valence-corrected chi connectivity index (χ3v) is 9.95. The third kappa shape index (κ3) is 6.09. The molecule has 2 unspecified atom stereocenters. The quantitative estimate of drug-likeness (QED) is 0.291. The van der Waals surface area contributed by atoms with Crippen LogP contribution in [0.3, 0.4) is 0 Å². The molecule has 0 bridgehead atoms. The highest BCUT2D eigenvalue weighted by Crippen LogP contribution is 2.43. The predicted molar refractivity (Wildman–Crippen MR) is 167 cm³/mol. The van der Waals surface area contributed by atoms with Gasteiger partial charge in [-0.15, -0.1) is 0 Å². The summed E-state index contributed by atoms with van der Waals surface area (Å²) >= 11 is 0. The number of Topliss-reactive ketones (excluding diaryl/α,β-unsaturated/α-hetero) is 1. The van der Waals surface area contributed by atoms with Crippen molar-refractivity contribution in [2.45, 2.75) is 89.4 Å². The summed E-state index contributed by atoms with van der Waals surface area (Å²) in [4.78, 5) is 14.6. The highest BCUT2D eigenvalue weighted by atomic mass is 16.1. The first-order chi connectivity index (χ1) is 19.7. The molecule has 3 aromatic carbocycles. The molecule has 206 valence electrons. The van der Waals surface area contributed by atoms with Crippen LogP contribution in [0, 0.1) is 11.8 Å². The van der Waals surface area contributed by atoms with Gasteiger partial charge in [0.2, 0.25) is 0 Å². The molecule has 1 saturated carbocycles. The van der Waals surface area contributed by atoms with Gasteiger partial charge in [0.1, 0.15) is 0 Å². The fraction of sp³-hybridized carbons (Fsp3) is 0.410. The molecular formula is C39H44O. The Kier molecular flexibility index (Phi) is 8.47. The first-order valence-electron chi connectivity index (χ1n) is 15.7. The average molecular weight is 529 g/mol. The largest absolute Gasteiger partial charge is 0.294 e. The Morgan fingerprint density at radius 2 is 1.40 bits per heavy atom. The summed E-state index contributed by atoms with van der Waals surface area (Å²) in [7, 11) is 0. The van der Waals surface area contributed by atoms with Crippen LogP contribution in [-0.2, 0) is 11.2 Å². The van der Waals surface area contributed by atoms with Gasteiger partial charge in [-0.2, -0.15) is 0 Å². The van der Waals surface area contributed by atoms with Gasteiger partial charge < -0.3 is 0 Å². The lowest BCUT2D eigenvalue weighted by atomic mass is 9.69. The van der Waals surface area contributed by atoms with Crippen LogP contribution in [0.4, 0.5) is 0 Å². The molecule has 0 amide bonds. The lowest BCUT2D eigenvalue weighted by molar-refractivity contribution is -0.120. The number of hydrogen-bond acceptors (Lipinski definition) is 1. The first kappa shape index (κ1) is 27.0. The zero-order chi connectivity index (χ0) is 27.3. The van der Waals surface area contributed by atoms with Crippen LogP contribution in [0.15, 0.2) is 108 Å². The second-order valence-corrected chi connectivity index (χ2v) is 12.7. The summed E-state index contributed by atoms with van der Waals surface area (Å²) in [6.45, 7) is 2.22. The van der Waals surface area contributed by atoms with Crippen molar-refractivity contribution in [3.63, 3.8) is 0 Å². The van der Waals surface area contributed by atoms with Crippen molar-refractivity contribution in [3.8, 4) is 0 Å². The van der Waals surface area contributed by atoms with Gasteiger partial charge in [-0.05, 0) is 98.0 Å². The van der Waals surface area contributed by atoms with E-state index in [1.54, 1.807) is 0 Å². The predicted octanol–water partition coefficient (Wildman–Crippen LogP) is 10.1. The standard InChI is InChI=1S/C39H44O/c1-28-17-21-33-24-20-30(26-29-18-22-32(23-19-29)31-11-5-2-6-12-31)27-36(33)39(40)37(25-28)38(34-13-7-3-8-14-34)35-15-9-4-10-16-35/h3-4,7-10,13-19,22-23,30-31,37-38H,2,5-6,11-12,20-21,24-27H2,1H3/b28-17-. The van der Waals surface area contributed by atoms with Crippen molar-refractivity contribution in [1.82, 2.24) is 0 Å². The normalized spacial score (nSPS) is 23.8. The molecule has 0 heterocycles. The summed E-state index contributed by atoms with van der Waals surface area (Å²) in [5, 5.41) is 0. The van der Waals surface area contributed by atoms with Gasteiger partial charge in [-0.25, -0.2) is 0 Å². The zero-order valence-electron chi connectivity index (χ0n) is 24.2.